The van der Waals surface area contributed by atoms with E-state index in [-0.39, 0.29) is 16.3 Å². The number of benzene rings is 2. The minimum absolute atomic E-state index is 0.0783. The summed E-state index contributed by atoms with van der Waals surface area (Å²) in [6.45, 7) is 0. The van der Waals surface area contributed by atoms with Gasteiger partial charge in [-0.25, -0.2) is 8.78 Å². The molecular weight excluding hydrogens is 354 g/mol. The van der Waals surface area contributed by atoms with Crippen molar-refractivity contribution in [3.63, 3.8) is 0 Å². The molecule has 0 saturated heterocycles. The summed E-state index contributed by atoms with van der Waals surface area (Å²) in [6, 6.07) is 6.62. The fourth-order valence-electron chi connectivity index (χ4n) is 1.55. The normalized spacial score (nSPS) is 10.4. The van der Waals surface area contributed by atoms with Crippen LogP contribution in [0.2, 0.25) is 5.02 Å². The lowest BCUT2D eigenvalue weighted by atomic mass is 10.2. The van der Waals surface area contributed by atoms with Crippen LogP contribution in [-0.2, 0) is 0 Å². The minimum atomic E-state index is -1.22. The molecule has 1 amide bonds. The van der Waals surface area contributed by atoms with E-state index in [1.54, 1.807) is 6.07 Å². The lowest BCUT2D eigenvalue weighted by Gasteiger charge is -2.10. The number of hydrogen-bond donors (Lipinski definition) is 2. The van der Waals surface area contributed by atoms with Crippen molar-refractivity contribution in [2.45, 2.75) is 0 Å². The zero-order chi connectivity index (χ0) is 14.9. The van der Waals surface area contributed by atoms with E-state index in [2.05, 4.69) is 21.2 Å². The van der Waals surface area contributed by atoms with Crippen LogP contribution in [0.15, 0.2) is 34.8 Å². The van der Waals surface area contributed by atoms with E-state index in [0.717, 1.165) is 12.1 Å². The van der Waals surface area contributed by atoms with Crippen molar-refractivity contribution in [3.05, 3.63) is 57.0 Å². The van der Waals surface area contributed by atoms with Crippen molar-refractivity contribution in [1.29, 1.82) is 0 Å². The van der Waals surface area contributed by atoms with Crippen molar-refractivity contribution in [2.75, 3.05) is 11.1 Å². The van der Waals surface area contributed by atoms with E-state index in [9.17, 15) is 13.6 Å². The molecule has 0 bridgehead atoms. The summed E-state index contributed by atoms with van der Waals surface area (Å²) in [5.41, 5.74) is 5.15. The van der Waals surface area contributed by atoms with E-state index >= 15 is 0 Å². The van der Waals surface area contributed by atoms with Crippen LogP contribution >= 0.6 is 27.5 Å². The van der Waals surface area contributed by atoms with Gasteiger partial charge in [-0.3, -0.25) is 4.79 Å². The number of nitrogens with two attached hydrogens (primary N) is 1. The van der Waals surface area contributed by atoms with E-state index in [4.69, 9.17) is 17.3 Å². The van der Waals surface area contributed by atoms with Gasteiger partial charge in [-0.1, -0.05) is 27.5 Å². The lowest BCUT2D eigenvalue weighted by Crippen LogP contribution is -2.15. The second-order valence-electron chi connectivity index (χ2n) is 3.90. The largest absolute Gasteiger partial charge is 0.397 e. The van der Waals surface area contributed by atoms with E-state index in [1.807, 2.05) is 0 Å². The number of rotatable bonds is 2. The zero-order valence-electron chi connectivity index (χ0n) is 9.88. The van der Waals surface area contributed by atoms with Gasteiger partial charge in [0, 0.05) is 4.47 Å². The van der Waals surface area contributed by atoms with Gasteiger partial charge >= 0.3 is 0 Å². The van der Waals surface area contributed by atoms with Gasteiger partial charge in [0.25, 0.3) is 5.91 Å². The third kappa shape index (κ3) is 2.91. The van der Waals surface area contributed by atoms with Crippen LogP contribution in [0.3, 0.4) is 0 Å². The van der Waals surface area contributed by atoms with Gasteiger partial charge in [-0.15, -0.1) is 0 Å². The fraction of sp³-hybridized carbons (Fsp3) is 0. The van der Waals surface area contributed by atoms with Crippen molar-refractivity contribution in [1.82, 2.24) is 0 Å². The molecular formula is C13H8BrClF2N2O. The Kier molecular flexibility index (Phi) is 4.25. The van der Waals surface area contributed by atoms with Gasteiger partial charge in [0.05, 0.1) is 16.3 Å². The highest BCUT2D eigenvalue weighted by Gasteiger charge is 2.17. The molecule has 2 aromatic carbocycles. The van der Waals surface area contributed by atoms with Crippen LogP contribution in [-0.4, -0.2) is 5.91 Å². The highest BCUT2D eigenvalue weighted by atomic mass is 79.9. The molecule has 20 heavy (non-hydrogen) atoms. The van der Waals surface area contributed by atoms with Gasteiger partial charge in [0.1, 0.15) is 5.69 Å². The van der Waals surface area contributed by atoms with Gasteiger partial charge in [0.2, 0.25) is 0 Å². The Hall–Kier alpha value is -1.66. The average Bonchev–Trinajstić information content (AvgIpc) is 2.39. The summed E-state index contributed by atoms with van der Waals surface area (Å²) in [6.07, 6.45) is 0. The van der Waals surface area contributed by atoms with Crippen LogP contribution < -0.4 is 11.1 Å². The number of anilines is 2. The molecule has 0 fully saturated rings. The summed E-state index contributed by atoms with van der Waals surface area (Å²) in [5, 5.41) is 2.39. The van der Waals surface area contributed by atoms with Crippen LogP contribution in [0.5, 0.6) is 0 Å². The molecule has 0 unspecified atom stereocenters. The first kappa shape index (κ1) is 14.7. The summed E-state index contributed by atoms with van der Waals surface area (Å²) in [4.78, 5) is 12.0. The Labute approximate surface area is 126 Å². The zero-order valence-corrected chi connectivity index (χ0v) is 12.2. The average molecular weight is 362 g/mol. The van der Waals surface area contributed by atoms with Gasteiger partial charge in [-0.2, -0.15) is 0 Å². The molecule has 0 spiro atoms. The Bertz CT molecular complexity index is 694. The first-order valence-electron chi connectivity index (χ1n) is 5.40. The number of hydrogen-bond acceptors (Lipinski definition) is 2. The molecule has 3 nitrogen and oxygen atoms in total. The summed E-state index contributed by atoms with van der Waals surface area (Å²) in [7, 11) is 0. The molecule has 0 aromatic heterocycles. The molecule has 2 rings (SSSR count). The smallest absolute Gasteiger partial charge is 0.257 e. The molecule has 3 N–H and O–H groups in total. The van der Waals surface area contributed by atoms with Gasteiger partial charge in [-0.05, 0) is 30.3 Å². The van der Waals surface area contributed by atoms with Crippen molar-refractivity contribution in [2.24, 2.45) is 0 Å². The Balaban J connectivity index is 2.35. The minimum Gasteiger partial charge on any atom is -0.397 e. The van der Waals surface area contributed by atoms with E-state index < -0.39 is 23.2 Å². The molecule has 0 saturated carbocycles. The molecule has 0 aliphatic rings. The summed E-state index contributed by atoms with van der Waals surface area (Å²) < 4.78 is 27.4. The lowest BCUT2D eigenvalue weighted by molar-refractivity contribution is 0.102. The van der Waals surface area contributed by atoms with Gasteiger partial charge < -0.3 is 11.1 Å². The maximum atomic E-state index is 13.6. The molecule has 0 aliphatic heterocycles. The van der Waals surface area contributed by atoms with Crippen LogP contribution in [0.1, 0.15) is 10.4 Å². The van der Waals surface area contributed by atoms with Crippen molar-refractivity contribution >= 4 is 44.8 Å². The van der Waals surface area contributed by atoms with E-state index in [0.29, 0.717) is 4.47 Å². The SMILES string of the molecule is Nc1ccc(F)c(F)c1NC(=O)c1ccc(Br)cc1Cl. The molecule has 0 radical (unpaired) electrons. The van der Waals surface area contributed by atoms with Crippen LogP contribution in [0, 0.1) is 11.6 Å². The molecule has 104 valence electrons. The predicted molar refractivity (Wildman–Crippen MR) is 77.9 cm³/mol. The van der Waals surface area contributed by atoms with Crippen LogP contribution in [0.25, 0.3) is 0 Å². The monoisotopic (exact) mass is 360 g/mol. The molecule has 7 heteroatoms. The maximum absolute atomic E-state index is 13.6. The van der Waals surface area contributed by atoms with Crippen LogP contribution in [0.4, 0.5) is 20.2 Å². The first-order chi connectivity index (χ1) is 9.40. The highest BCUT2D eigenvalue weighted by molar-refractivity contribution is 9.10. The second kappa shape index (κ2) is 5.76. The Morgan fingerprint density at radius 3 is 2.60 bits per heavy atom. The number of halogens is 4. The second-order valence-corrected chi connectivity index (χ2v) is 5.23. The van der Waals surface area contributed by atoms with E-state index in [1.165, 1.54) is 12.1 Å². The third-order valence-corrected chi connectivity index (χ3v) is 3.35. The fourth-order valence-corrected chi connectivity index (χ4v) is 2.31. The Morgan fingerprint density at radius 2 is 1.95 bits per heavy atom. The van der Waals surface area contributed by atoms with Crippen molar-refractivity contribution in [3.8, 4) is 0 Å². The number of amides is 1. The Morgan fingerprint density at radius 1 is 1.25 bits per heavy atom. The third-order valence-electron chi connectivity index (χ3n) is 2.54. The number of carbonyl (C=O) groups is 1. The highest BCUT2D eigenvalue weighted by Crippen LogP contribution is 2.27. The first-order valence-corrected chi connectivity index (χ1v) is 6.57. The van der Waals surface area contributed by atoms with Gasteiger partial charge in [0.15, 0.2) is 11.6 Å². The molecule has 0 aliphatic carbocycles. The predicted octanol–water partition coefficient (Wildman–Crippen LogP) is 4.22. The standard InChI is InChI=1S/C13H8BrClF2N2O/c14-6-1-2-7(8(15)5-6)13(20)19-12-10(18)4-3-9(16)11(12)17/h1-5H,18H2,(H,19,20). The molecule has 0 atom stereocenters. The number of nitrogen functional groups attached to an aromatic ring is 1. The number of carbonyl (C=O) groups excluding carboxylic acids is 1. The quantitative estimate of drug-likeness (QED) is 0.787. The summed E-state index contributed by atoms with van der Waals surface area (Å²) >= 11 is 9.11. The molecule has 0 heterocycles. The molecule has 2 aromatic rings. The summed E-state index contributed by atoms with van der Waals surface area (Å²) in [5.74, 6) is -3.00. The van der Waals surface area contributed by atoms with Crippen molar-refractivity contribution < 1.29 is 13.6 Å². The maximum Gasteiger partial charge on any atom is 0.257 e. The number of nitrogens with one attached hydrogen (secondary N) is 1. The topological polar surface area (TPSA) is 55.1 Å².